The summed E-state index contributed by atoms with van der Waals surface area (Å²) in [6.07, 6.45) is 7.00. The van der Waals surface area contributed by atoms with E-state index in [9.17, 15) is 4.79 Å². The quantitative estimate of drug-likeness (QED) is 0.660. The molecule has 2 heteroatoms. The van der Waals surface area contributed by atoms with Crippen molar-refractivity contribution in [2.24, 2.45) is 11.8 Å². The fraction of sp³-hybridized carbons (Fsp3) is 0.909. The summed E-state index contributed by atoms with van der Waals surface area (Å²) in [6, 6.07) is 0. The lowest BCUT2D eigenvalue weighted by molar-refractivity contribution is -0.108. The second kappa shape index (κ2) is 6.14. The van der Waals surface area contributed by atoms with Gasteiger partial charge in [0.1, 0.15) is 6.29 Å². The summed E-state index contributed by atoms with van der Waals surface area (Å²) in [7, 11) is 0. The molecule has 0 amide bonds. The predicted molar refractivity (Wildman–Crippen MR) is 54.7 cm³/mol. The van der Waals surface area contributed by atoms with Crippen molar-refractivity contribution in [1.82, 2.24) is 5.32 Å². The third-order valence-corrected chi connectivity index (χ3v) is 3.08. The molecular formula is C11H21NO. The maximum absolute atomic E-state index is 10.3. The van der Waals surface area contributed by atoms with Gasteiger partial charge in [-0.2, -0.15) is 0 Å². The molecule has 0 spiro atoms. The molecule has 0 radical (unpaired) electrons. The third kappa shape index (κ3) is 3.90. The molecule has 1 aliphatic carbocycles. The number of hydrogen-bond acceptors (Lipinski definition) is 2. The van der Waals surface area contributed by atoms with Crippen LogP contribution in [0, 0.1) is 11.8 Å². The summed E-state index contributed by atoms with van der Waals surface area (Å²) in [5, 5.41) is 3.40. The first-order valence-corrected chi connectivity index (χ1v) is 5.51. The van der Waals surface area contributed by atoms with Gasteiger partial charge in [0.25, 0.3) is 0 Å². The maximum atomic E-state index is 10.3. The highest BCUT2D eigenvalue weighted by molar-refractivity contribution is 5.49. The maximum Gasteiger partial charge on any atom is 0.120 e. The van der Waals surface area contributed by atoms with Crippen LogP contribution in [0.5, 0.6) is 0 Å². The zero-order valence-corrected chi connectivity index (χ0v) is 8.59. The minimum Gasteiger partial charge on any atom is -0.317 e. The van der Waals surface area contributed by atoms with E-state index in [1.165, 1.54) is 32.2 Å². The van der Waals surface area contributed by atoms with Gasteiger partial charge in [-0.1, -0.05) is 6.92 Å². The molecule has 1 N–H and O–H groups in total. The number of hydrogen-bond donors (Lipinski definition) is 1. The summed E-state index contributed by atoms with van der Waals surface area (Å²) in [6.45, 7) is 4.40. The average molecular weight is 183 g/mol. The van der Waals surface area contributed by atoms with Crippen LogP contribution in [0.25, 0.3) is 0 Å². The summed E-state index contributed by atoms with van der Waals surface area (Å²) in [4.78, 5) is 10.3. The SMILES string of the molecule is CCNC[C@H]1CC[C@H](CC=O)CC1. The van der Waals surface area contributed by atoms with Crippen molar-refractivity contribution in [3.05, 3.63) is 0 Å². The fourth-order valence-corrected chi connectivity index (χ4v) is 2.16. The van der Waals surface area contributed by atoms with Crippen molar-refractivity contribution in [3.63, 3.8) is 0 Å². The molecule has 1 aliphatic rings. The van der Waals surface area contributed by atoms with Gasteiger partial charge < -0.3 is 10.1 Å². The normalized spacial score (nSPS) is 28.7. The molecule has 1 fully saturated rings. The van der Waals surface area contributed by atoms with Crippen molar-refractivity contribution in [2.75, 3.05) is 13.1 Å². The van der Waals surface area contributed by atoms with E-state index >= 15 is 0 Å². The summed E-state index contributed by atoms with van der Waals surface area (Å²) < 4.78 is 0. The van der Waals surface area contributed by atoms with Gasteiger partial charge in [-0.25, -0.2) is 0 Å². The molecule has 0 saturated heterocycles. The largest absolute Gasteiger partial charge is 0.317 e. The molecule has 2 nitrogen and oxygen atoms in total. The Morgan fingerprint density at radius 1 is 1.23 bits per heavy atom. The molecule has 0 aromatic carbocycles. The van der Waals surface area contributed by atoms with Gasteiger partial charge in [-0.15, -0.1) is 0 Å². The molecule has 76 valence electrons. The molecule has 0 aromatic rings. The van der Waals surface area contributed by atoms with E-state index in [0.29, 0.717) is 5.92 Å². The van der Waals surface area contributed by atoms with Gasteiger partial charge in [-0.3, -0.25) is 0 Å². The first-order valence-electron chi connectivity index (χ1n) is 5.51. The van der Waals surface area contributed by atoms with Crippen LogP contribution in [-0.2, 0) is 4.79 Å². The van der Waals surface area contributed by atoms with Crippen molar-refractivity contribution in [3.8, 4) is 0 Å². The third-order valence-electron chi connectivity index (χ3n) is 3.08. The van der Waals surface area contributed by atoms with Crippen molar-refractivity contribution in [1.29, 1.82) is 0 Å². The predicted octanol–water partition coefficient (Wildman–Crippen LogP) is 1.99. The zero-order valence-electron chi connectivity index (χ0n) is 8.59. The van der Waals surface area contributed by atoms with E-state index in [1.54, 1.807) is 0 Å². The molecular weight excluding hydrogens is 162 g/mol. The molecule has 0 atom stereocenters. The molecule has 0 bridgehead atoms. The summed E-state index contributed by atoms with van der Waals surface area (Å²) in [5.41, 5.74) is 0. The second-order valence-electron chi connectivity index (χ2n) is 4.10. The van der Waals surface area contributed by atoms with Crippen molar-refractivity contribution in [2.45, 2.75) is 39.0 Å². The molecule has 0 unspecified atom stereocenters. The van der Waals surface area contributed by atoms with Gasteiger partial charge >= 0.3 is 0 Å². The van der Waals surface area contributed by atoms with Crippen LogP contribution in [0.3, 0.4) is 0 Å². The Labute approximate surface area is 81.1 Å². The van der Waals surface area contributed by atoms with Crippen LogP contribution in [0.4, 0.5) is 0 Å². The Morgan fingerprint density at radius 3 is 2.38 bits per heavy atom. The first-order chi connectivity index (χ1) is 6.36. The first kappa shape index (κ1) is 10.7. The van der Waals surface area contributed by atoms with Gasteiger partial charge in [0, 0.05) is 6.42 Å². The molecule has 0 heterocycles. The molecule has 1 rings (SSSR count). The van der Waals surface area contributed by atoms with E-state index in [4.69, 9.17) is 0 Å². The summed E-state index contributed by atoms with van der Waals surface area (Å²) >= 11 is 0. The standard InChI is InChI=1S/C11H21NO/c1-2-12-9-11-5-3-10(4-6-11)7-8-13/h8,10-12H,2-7,9H2,1H3/t10-,11-. The van der Waals surface area contributed by atoms with Gasteiger partial charge in [0.15, 0.2) is 0 Å². The number of carbonyl (C=O) groups excluding carboxylic acids is 1. The van der Waals surface area contributed by atoms with E-state index < -0.39 is 0 Å². The Bertz CT molecular complexity index is 139. The van der Waals surface area contributed by atoms with Crippen LogP contribution >= 0.6 is 0 Å². The Hall–Kier alpha value is -0.370. The van der Waals surface area contributed by atoms with Crippen LogP contribution in [0.2, 0.25) is 0 Å². The van der Waals surface area contributed by atoms with Gasteiger partial charge in [0.05, 0.1) is 0 Å². The number of carbonyl (C=O) groups is 1. The Balaban J connectivity index is 2.11. The molecule has 0 aromatic heterocycles. The van der Waals surface area contributed by atoms with Gasteiger partial charge in [-0.05, 0) is 50.6 Å². The monoisotopic (exact) mass is 183 g/mol. The lowest BCUT2D eigenvalue weighted by Gasteiger charge is -2.27. The minimum atomic E-state index is 0.690. The van der Waals surface area contributed by atoms with E-state index in [-0.39, 0.29) is 0 Å². The number of aldehydes is 1. The van der Waals surface area contributed by atoms with E-state index in [0.717, 1.165) is 25.2 Å². The zero-order chi connectivity index (χ0) is 9.52. The minimum absolute atomic E-state index is 0.690. The van der Waals surface area contributed by atoms with Crippen molar-refractivity contribution < 1.29 is 4.79 Å². The second-order valence-corrected chi connectivity index (χ2v) is 4.10. The topological polar surface area (TPSA) is 29.1 Å². The van der Waals surface area contributed by atoms with Gasteiger partial charge in [0.2, 0.25) is 0 Å². The van der Waals surface area contributed by atoms with Crippen LogP contribution in [0.1, 0.15) is 39.0 Å². The van der Waals surface area contributed by atoms with E-state index in [2.05, 4.69) is 12.2 Å². The number of rotatable bonds is 5. The number of nitrogens with one attached hydrogen (secondary N) is 1. The fourth-order valence-electron chi connectivity index (χ4n) is 2.16. The average Bonchev–Trinajstić information content (AvgIpc) is 2.17. The lowest BCUT2D eigenvalue weighted by Crippen LogP contribution is -2.26. The smallest absolute Gasteiger partial charge is 0.120 e. The van der Waals surface area contributed by atoms with Crippen LogP contribution < -0.4 is 5.32 Å². The Morgan fingerprint density at radius 2 is 1.85 bits per heavy atom. The van der Waals surface area contributed by atoms with Crippen LogP contribution in [0.15, 0.2) is 0 Å². The molecule has 1 saturated carbocycles. The summed E-state index contributed by atoms with van der Waals surface area (Å²) in [5.74, 6) is 1.55. The Kier molecular flexibility index (Phi) is 5.06. The lowest BCUT2D eigenvalue weighted by atomic mass is 9.81. The highest BCUT2D eigenvalue weighted by Gasteiger charge is 2.19. The van der Waals surface area contributed by atoms with E-state index in [1.807, 2.05) is 0 Å². The highest BCUT2D eigenvalue weighted by atomic mass is 16.1. The van der Waals surface area contributed by atoms with Crippen molar-refractivity contribution >= 4 is 6.29 Å². The molecule has 0 aliphatic heterocycles. The highest BCUT2D eigenvalue weighted by Crippen LogP contribution is 2.29. The molecule has 13 heavy (non-hydrogen) atoms. The van der Waals surface area contributed by atoms with Crippen LogP contribution in [-0.4, -0.2) is 19.4 Å².